The van der Waals surface area contributed by atoms with Gasteiger partial charge < -0.3 is 10.6 Å². The highest BCUT2D eigenvalue weighted by molar-refractivity contribution is 6.54. The molecule has 1 saturated carbocycles. The third-order valence-corrected chi connectivity index (χ3v) is 6.97. The summed E-state index contributed by atoms with van der Waals surface area (Å²) < 4.78 is 0. The van der Waals surface area contributed by atoms with Crippen molar-refractivity contribution in [2.24, 2.45) is 0 Å². The van der Waals surface area contributed by atoms with E-state index in [4.69, 9.17) is 46.4 Å². The predicted molar refractivity (Wildman–Crippen MR) is 131 cm³/mol. The van der Waals surface area contributed by atoms with Crippen LogP contribution in [0.5, 0.6) is 0 Å². The third kappa shape index (κ3) is 4.99. The average molecular weight is 527 g/mol. The first-order valence-corrected chi connectivity index (χ1v) is 11.9. The van der Waals surface area contributed by atoms with E-state index in [1.54, 1.807) is 24.3 Å². The minimum Gasteiger partial charge on any atom is -0.350 e. The number of amides is 3. The zero-order chi connectivity index (χ0) is 23.7. The molecule has 10 heteroatoms. The number of hydrogen-bond acceptors (Lipinski definition) is 4. The van der Waals surface area contributed by atoms with Crippen molar-refractivity contribution in [2.45, 2.75) is 38.1 Å². The first kappa shape index (κ1) is 23.9. The molecule has 172 valence electrons. The number of benzene rings is 2. The van der Waals surface area contributed by atoms with Crippen molar-refractivity contribution in [2.75, 3.05) is 10.2 Å². The molecule has 0 bridgehead atoms. The molecular weight excluding hydrogens is 508 g/mol. The van der Waals surface area contributed by atoms with E-state index in [-0.39, 0.29) is 43.4 Å². The second-order valence-electron chi connectivity index (χ2n) is 7.87. The van der Waals surface area contributed by atoms with Crippen molar-refractivity contribution in [3.63, 3.8) is 0 Å². The van der Waals surface area contributed by atoms with Gasteiger partial charge in [-0.1, -0.05) is 71.7 Å². The molecule has 2 aromatic rings. The van der Waals surface area contributed by atoms with E-state index in [2.05, 4.69) is 10.6 Å². The van der Waals surface area contributed by atoms with E-state index in [0.29, 0.717) is 11.3 Å². The lowest BCUT2D eigenvalue weighted by molar-refractivity contribution is -0.120. The van der Waals surface area contributed by atoms with Gasteiger partial charge in [-0.2, -0.15) is 0 Å². The topological polar surface area (TPSA) is 78.5 Å². The van der Waals surface area contributed by atoms with Crippen molar-refractivity contribution < 1.29 is 14.4 Å². The number of carbonyl (C=O) groups excluding carboxylic acids is 3. The highest BCUT2D eigenvalue weighted by atomic mass is 35.5. The highest BCUT2D eigenvalue weighted by Crippen LogP contribution is 2.38. The van der Waals surface area contributed by atoms with Crippen LogP contribution in [0, 0.1) is 0 Å². The van der Waals surface area contributed by atoms with Gasteiger partial charge in [-0.15, -0.1) is 0 Å². The maximum Gasteiger partial charge on any atom is 0.283 e. The van der Waals surface area contributed by atoms with Gasteiger partial charge in [0, 0.05) is 17.3 Å². The summed E-state index contributed by atoms with van der Waals surface area (Å²) >= 11 is 24.4. The number of nitrogens with one attached hydrogen (secondary N) is 2. The van der Waals surface area contributed by atoms with Crippen LogP contribution in [0.3, 0.4) is 0 Å². The second kappa shape index (κ2) is 9.94. The molecule has 6 nitrogen and oxygen atoms in total. The fourth-order valence-corrected chi connectivity index (χ4v) is 4.75. The fraction of sp³-hybridized carbons (Fsp3) is 0.261. The lowest BCUT2D eigenvalue weighted by Crippen LogP contribution is -2.36. The average Bonchev–Trinajstić information content (AvgIpc) is 3.00. The minimum atomic E-state index is -0.754. The zero-order valence-electron chi connectivity index (χ0n) is 17.3. The fourth-order valence-electron chi connectivity index (χ4n) is 3.91. The molecule has 0 aromatic heterocycles. The summed E-state index contributed by atoms with van der Waals surface area (Å²) in [5.74, 6) is -1.65. The van der Waals surface area contributed by atoms with Crippen molar-refractivity contribution in [3.05, 3.63) is 67.8 Å². The molecule has 33 heavy (non-hydrogen) atoms. The summed E-state index contributed by atoms with van der Waals surface area (Å²) in [4.78, 5) is 39.3. The number of rotatable bonds is 5. The van der Waals surface area contributed by atoms with Gasteiger partial charge in [0.05, 0.1) is 20.8 Å². The molecule has 2 N–H and O–H groups in total. The van der Waals surface area contributed by atoms with Crippen LogP contribution in [0.2, 0.25) is 15.1 Å². The summed E-state index contributed by atoms with van der Waals surface area (Å²) in [6, 6.07) is 9.46. The first-order valence-electron chi connectivity index (χ1n) is 10.4. The lowest BCUT2D eigenvalue weighted by Gasteiger charge is -2.22. The van der Waals surface area contributed by atoms with Crippen LogP contribution in [0.15, 0.2) is 47.1 Å². The Morgan fingerprint density at radius 2 is 1.58 bits per heavy atom. The van der Waals surface area contributed by atoms with E-state index >= 15 is 0 Å². The number of imide groups is 1. The van der Waals surface area contributed by atoms with Crippen LogP contribution in [0.25, 0.3) is 0 Å². The Bertz CT molecular complexity index is 1180. The van der Waals surface area contributed by atoms with E-state index in [1.807, 2.05) is 0 Å². The lowest BCUT2D eigenvalue weighted by atomic mass is 9.95. The molecule has 0 unspecified atom stereocenters. The minimum absolute atomic E-state index is 0.0663. The predicted octanol–water partition coefficient (Wildman–Crippen LogP) is 6.15. The third-order valence-electron chi connectivity index (χ3n) is 5.59. The smallest absolute Gasteiger partial charge is 0.283 e. The molecule has 0 spiro atoms. The van der Waals surface area contributed by atoms with Crippen molar-refractivity contribution >= 4 is 75.5 Å². The molecule has 3 amide bonds. The van der Waals surface area contributed by atoms with Gasteiger partial charge in [-0.05, 0) is 43.2 Å². The highest BCUT2D eigenvalue weighted by Gasteiger charge is 2.40. The van der Waals surface area contributed by atoms with Crippen LogP contribution < -0.4 is 15.5 Å². The number of carbonyl (C=O) groups is 3. The van der Waals surface area contributed by atoms with Crippen LogP contribution in [-0.4, -0.2) is 23.8 Å². The molecule has 4 rings (SSSR count). The first-order chi connectivity index (χ1) is 15.8. The van der Waals surface area contributed by atoms with Crippen molar-refractivity contribution in [1.29, 1.82) is 0 Å². The molecular formula is C23H19Cl4N3O3. The maximum absolute atomic E-state index is 13.0. The molecule has 1 aliphatic heterocycles. The molecule has 1 fully saturated rings. The Labute approximate surface area is 210 Å². The summed E-state index contributed by atoms with van der Waals surface area (Å²) in [6.07, 6.45) is 5.34. The van der Waals surface area contributed by atoms with Gasteiger partial charge in [-0.25, -0.2) is 4.90 Å². The van der Waals surface area contributed by atoms with E-state index in [9.17, 15) is 14.4 Å². The van der Waals surface area contributed by atoms with Gasteiger partial charge in [-0.3, -0.25) is 14.4 Å². The standard InChI is InChI=1S/C23H19Cl4N3O3/c24-15-10-17(26)18(11-16(15)25)30-22(32)19(27)20(23(30)33)28-14-8-4-5-12(9-14)21(31)29-13-6-2-1-3-7-13/h4-5,8-11,13,28H,1-3,6-7H2,(H,29,31). The molecule has 0 atom stereocenters. The largest absolute Gasteiger partial charge is 0.350 e. The Kier molecular flexibility index (Phi) is 7.19. The van der Waals surface area contributed by atoms with Crippen LogP contribution in [0.1, 0.15) is 42.5 Å². The SMILES string of the molecule is O=C(NC1CCCCC1)c1cccc(NC2=C(Cl)C(=O)N(c3cc(Cl)c(Cl)cc3Cl)C2=O)c1. The number of hydrogen-bond donors (Lipinski definition) is 2. The molecule has 1 aliphatic carbocycles. The molecule has 0 radical (unpaired) electrons. The van der Waals surface area contributed by atoms with Gasteiger partial charge in [0.25, 0.3) is 17.7 Å². The Morgan fingerprint density at radius 3 is 2.30 bits per heavy atom. The molecule has 2 aliphatic rings. The van der Waals surface area contributed by atoms with Gasteiger partial charge in [0.15, 0.2) is 0 Å². The normalized spacial score (nSPS) is 17.0. The monoisotopic (exact) mass is 525 g/mol. The van der Waals surface area contributed by atoms with E-state index < -0.39 is 11.8 Å². The van der Waals surface area contributed by atoms with Gasteiger partial charge in [0.2, 0.25) is 0 Å². The number of nitrogens with zero attached hydrogens (tertiary/aromatic N) is 1. The summed E-state index contributed by atoms with van der Waals surface area (Å²) in [7, 11) is 0. The van der Waals surface area contributed by atoms with E-state index in [0.717, 1.165) is 30.6 Å². The van der Waals surface area contributed by atoms with Gasteiger partial charge >= 0.3 is 0 Å². The second-order valence-corrected chi connectivity index (χ2v) is 9.47. The van der Waals surface area contributed by atoms with Crippen LogP contribution >= 0.6 is 46.4 Å². The molecule has 1 heterocycles. The van der Waals surface area contributed by atoms with Crippen molar-refractivity contribution in [1.82, 2.24) is 5.32 Å². The van der Waals surface area contributed by atoms with Gasteiger partial charge in [0.1, 0.15) is 10.7 Å². The Morgan fingerprint density at radius 1 is 0.879 bits per heavy atom. The van der Waals surface area contributed by atoms with Crippen molar-refractivity contribution in [3.8, 4) is 0 Å². The molecule has 2 aromatic carbocycles. The Hall–Kier alpha value is -2.25. The summed E-state index contributed by atoms with van der Waals surface area (Å²) in [5, 5.41) is 6.00. The zero-order valence-corrected chi connectivity index (χ0v) is 20.3. The maximum atomic E-state index is 13.0. The molecule has 0 saturated heterocycles. The quantitative estimate of drug-likeness (QED) is 0.362. The van der Waals surface area contributed by atoms with Crippen LogP contribution in [-0.2, 0) is 9.59 Å². The van der Waals surface area contributed by atoms with Crippen LogP contribution in [0.4, 0.5) is 11.4 Å². The summed E-state index contributed by atoms with van der Waals surface area (Å²) in [6.45, 7) is 0. The number of anilines is 2. The van der Waals surface area contributed by atoms with E-state index in [1.165, 1.54) is 18.6 Å². The summed E-state index contributed by atoms with van der Waals surface area (Å²) in [5.41, 5.74) is 0.802. The number of halogens is 4. The Balaban J connectivity index is 1.54.